The molecule has 4 aliphatic rings. The van der Waals surface area contributed by atoms with E-state index < -0.39 is 24.5 Å². The Morgan fingerprint density at radius 1 is 0.636 bits per heavy atom. The summed E-state index contributed by atoms with van der Waals surface area (Å²) in [7, 11) is 3.01. The van der Waals surface area contributed by atoms with Gasteiger partial charge < -0.3 is 55.3 Å². The smallest absolute Gasteiger partial charge is 0.260 e. The van der Waals surface area contributed by atoms with Crippen molar-refractivity contribution < 1.29 is 38.7 Å². The van der Waals surface area contributed by atoms with Gasteiger partial charge in [0, 0.05) is 29.2 Å². The van der Waals surface area contributed by atoms with Crippen molar-refractivity contribution in [2.75, 3.05) is 40.4 Å². The van der Waals surface area contributed by atoms with Crippen molar-refractivity contribution in [3.63, 3.8) is 0 Å². The predicted octanol–water partition coefficient (Wildman–Crippen LogP) is 5.07. The Morgan fingerprint density at radius 2 is 1.07 bits per heavy atom. The van der Waals surface area contributed by atoms with Gasteiger partial charge in [-0.3, -0.25) is 9.59 Å². The van der Waals surface area contributed by atoms with Crippen LogP contribution in [0.1, 0.15) is 43.0 Å². The van der Waals surface area contributed by atoms with E-state index in [4.69, 9.17) is 24.7 Å². The van der Waals surface area contributed by atoms with Crippen LogP contribution in [0.2, 0.25) is 0 Å². The molecule has 2 unspecified atom stereocenters. The van der Waals surface area contributed by atoms with Crippen LogP contribution in [-0.4, -0.2) is 60.8 Å². The molecule has 0 aromatic heterocycles. The number of nitrogen functional groups attached to an aromatic ring is 1. The highest BCUT2D eigenvalue weighted by Crippen LogP contribution is 2.43. The average molecular weight is 742 g/mol. The highest BCUT2D eigenvalue weighted by atomic mass is 16.5. The summed E-state index contributed by atoms with van der Waals surface area (Å²) < 4.78 is 23.8. The molecule has 0 saturated heterocycles. The fraction of sp³-hybridized carbons (Fsp3) is 0.238. The van der Waals surface area contributed by atoms with Crippen LogP contribution in [0.25, 0.3) is 0 Å². The first-order chi connectivity index (χ1) is 26.7. The van der Waals surface area contributed by atoms with E-state index in [0.29, 0.717) is 64.0 Å². The molecule has 9 rings (SSSR count). The van der Waals surface area contributed by atoms with E-state index in [1.807, 2.05) is 54.6 Å². The van der Waals surface area contributed by atoms with Gasteiger partial charge in [0.15, 0.2) is 23.0 Å². The lowest BCUT2D eigenvalue weighted by Crippen LogP contribution is -2.45. The molecule has 5 aromatic carbocycles. The van der Waals surface area contributed by atoms with Crippen LogP contribution < -0.4 is 45.1 Å². The maximum absolute atomic E-state index is 13.9. The SMILES string of the molecule is COc1cc2c(cc1OCc1cc(N)cc(COc3cc4c(cc3OC)C(=O)N3c5ccccc5C[C@H]3C(O)N4)c1)NC(O)[C@@H]1Cc3ccccc3N1C2=O. The minimum Gasteiger partial charge on any atom is -0.493 e. The lowest BCUT2D eigenvalue weighted by atomic mass is 10.1. The lowest BCUT2D eigenvalue weighted by Gasteiger charge is -2.26. The van der Waals surface area contributed by atoms with Gasteiger partial charge in [-0.2, -0.15) is 0 Å². The number of nitrogens with two attached hydrogens (primary N) is 1. The fourth-order valence-electron chi connectivity index (χ4n) is 8.16. The number of para-hydroxylation sites is 2. The van der Waals surface area contributed by atoms with Crippen LogP contribution in [0.3, 0.4) is 0 Å². The van der Waals surface area contributed by atoms with Crippen LogP contribution >= 0.6 is 0 Å². The van der Waals surface area contributed by atoms with Crippen molar-refractivity contribution in [1.29, 1.82) is 0 Å². The van der Waals surface area contributed by atoms with Gasteiger partial charge in [0.2, 0.25) is 0 Å². The Hall–Kier alpha value is -6.44. The number of amides is 2. The van der Waals surface area contributed by atoms with Gasteiger partial charge in [0.25, 0.3) is 11.8 Å². The number of aliphatic hydroxyl groups is 2. The summed E-state index contributed by atoms with van der Waals surface area (Å²) in [6.07, 6.45) is -0.964. The van der Waals surface area contributed by atoms with Gasteiger partial charge in [0.1, 0.15) is 25.7 Å². The standard InChI is InChI=1S/C42H39N5O8/c1-52-35-16-27-29(44-39(48)33-14-24-7-3-5-9-31(24)46(33)41(27)50)18-37(35)54-20-22-11-23(13-26(43)12-22)21-55-38-19-30-28(17-36(38)53-2)42(51)47-32-10-6-4-8-25(32)15-34(47)40(49)45-30/h3-13,16-19,33-34,39-40,44-45,48-49H,14-15,20-21,43H2,1-2H3/t33-,34-,39?,40?/m0/s1. The molecule has 0 bridgehead atoms. The first kappa shape index (κ1) is 34.3. The number of hydrogen-bond donors (Lipinski definition) is 5. The Balaban J connectivity index is 0.930. The highest BCUT2D eigenvalue weighted by molar-refractivity contribution is 6.13. The van der Waals surface area contributed by atoms with E-state index in [2.05, 4.69) is 10.6 Å². The molecular formula is C42H39N5O8. The number of anilines is 5. The minimum absolute atomic E-state index is 0.110. The molecule has 0 radical (unpaired) electrons. The quantitative estimate of drug-likeness (QED) is 0.135. The summed E-state index contributed by atoms with van der Waals surface area (Å²) in [5.74, 6) is 0.988. The third kappa shape index (κ3) is 5.88. The fourth-order valence-corrected chi connectivity index (χ4v) is 8.16. The predicted molar refractivity (Wildman–Crippen MR) is 206 cm³/mol. The Kier molecular flexibility index (Phi) is 8.40. The van der Waals surface area contributed by atoms with Gasteiger partial charge in [0.05, 0.1) is 48.8 Å². The molecule has 280 valence electrons. The van der Waals surface area contributed by atoms with Crippen molar-refractivity contribution in [3.05, 3.63) is 124 Å². The first-order valence-corrected chi connectivity index (χ1v) is 18.0. The van der Waals surface area contributed by atoms with Crippen molar-refractivity contribution in [3.8, 4) is 23.0 Å². The van der Waals surface area contributed by atoms with E-state index in [1.54, 1.807) is 46.2 Å². The number of methoxy groups -OCH3 is 2. The van der Waals surface area contributed by atoms with Crippen molar-refractivity contribution in [2.24, 2.45) is 0 Å². The van der Waals surface area contributed by atoms with Crippen LogP contribution in [-0.2, 0) is 26.1 Å². The molecule has 4 heterocycles. The number of rotatable bonds is 8. The monoisotopic (exact) mass is 741 g/mol. The summed E-state index contributed by atoms with van der Waals surface area (Å²) in [5.41, 5.74) is 13.5. The van der Waals surface area contributed by atoms with Crippen LogP contribution in [0, 0.1) is 0 Å². The normalized spacial score (nSPS) is 20.4. The molecule has 4 atom stereocenters. The third-order valence-corrected chi connectivity index (χ3v) is 10.7. The molecule has 0 aliphatic carbocycles. The molecule has 55 heavy (non-hydrogen) atoms. The Labute approximate surface area is 316 Å². The Bertz CT molecular complexity index is 2210. The summed E-state index contributed by atoms with van der Waals surface area (Å²) in [6, 6.07) is 26.5. The maximum atomic E-state index is 13.9. The number of carbonyl (C=O) groups is 2. The molecule has 4 aliphatic heterocycles. The van der Waals surface area contributed by atoms with Gasteiger partial charge in [-0.1, -0.05) is 36.4 Å². The van der Waals surface area contributed by atoms with Gasteiger partial charge in [-0.25, -0.2) is 0 Å². The molecule has 0 fully saturated rings. The second-order valence-corrected chi connectivity index (χ2v) is 14.1. The minimum atomic E-state index is -1.01. The zero-order valence-corrected chi connectivity index (χ0v) is 30.1. The molecule has 6 N–H and O–H groups in total. The summed E-state index contributed by atoms with van der Waals surface area (Å²) in [4.78, 5) is 31.0. The number of aliphatic hydroxyl groups excluding tert-OH is 2. The summed E-state index contributed by atoms with van der Waals surface area (Å²) in [5, 5.41) is 28.6. The Morgan fingerprint density at radius 3 is 1.51 bits per heavy atom. The summed E-state index contributed by atoms with van der Waals surface area (Å²) >= 11 is 0. The zero-order valence-electron chi connectivity index (χ0n) is 30.1. The molecule has 13 nitrogen and oxygen atoms in total. The third-order valence-electron chi connectivity index (χ3n) is 10.7. The number of nitrogens with zero attached hydrogens (tertiary/aromatic N) is 2. The number of carbonyl (C=O) groups excluding carboxylic acids is 2. The number of hydrogen-bond acceptors (Lipinski definition) is 11. The average Bonchev–Trinajstić information content (AvgIpc) is 3.73. The molecule has 2 amide bonds. The summed E-state index contributed by atoms with van der Waals surface area (Å²) in [6.45, 7) is 0.220. The lowest BCUT2D eigenvalue weighted by molar-refractivity contribution is 0.0946. The number of benzene rings is 5. The zero-order chi connectivity index (χ0) is 38.0. The molecule has 0 saturated carbocycles. The largest absolute Gasteiger partial charge is 0.493 e. The number of ether oxygens (including phenoxy) is 4. The topological polar surface area (TPSA) is 168 Å². The number of fused-ring (bicyclic) bond motifs is 8. The van der Waals surface area contributed by atoms with E-state index >= 15 is 0 Å². The molecule has 0 spiro atoms. The van der Waals surface area contributed by atoms with E-state index in [0.717, 1.165) is 33.6 Å². The van der Waals surface area contributed by atoms with Crippen molar-refractivity contribution in [2.45, 2.75) is 50.6 Å². The van der Waals surface area contributed by atoms with Crippen LogP contribution in [0.15, 0.2) is 91.0 Å². The number of nitrogens with one attached hydrogen (secondary N) is 2. The van der Waals surface area contributed by atoms with Crippen molar-refractivity contribution in [1.82, 2.24) is 0 Å². The van der Waals surface area contributed by atoms with Crippen LogP contribution in [0.5, 0.6) is 23.0 Å². The van der Waals surface area contributed by atoms with Crippen LogP contribution in [0.4, 0.5) is 28.4 Å². The van der Waals surface area contributed by atoms with E-state index in [9.17, 15) is 19.8 Å². The van der Waals surface area contributed by atoms with Crippen molar-refractivity contribution >= 4 is 40.3 Å². The van der Waals surface area contributed by atoms with Gasteiger partial charge in [-0.05, 0) is 77.6 Å². The van der Waals surface area contributed by atoms with Gasteiger partial charge >= 0.3 is 0 Å². The second kappa shape index (κ2) is 13.4. The van der Waals surface area contributed by atoms with E-state index in [1.165, 1.54) is 14.2 Å². The maximum Gasteiger partial charge on any atom is 0.260 e. The molecule has 5 aromatic rings. The van der Waals surface area contributed by atoms with E-state index in [-0.39, 0.29) is 25.0 Å². The second-order valence-electron chi connectivity index (χ2n) is 14.1. The first-order valence-electron chi connectivity index (χ1n) is 18.0. The highest BCUT2D eigenvalue weighted by Gasteiger charge is 2.43. The molecule has 13 heteroatoms. The van der Waals surface area contributed by atoms with Gasteiger partial charge in [-0.15, -0.1) is 0 Å². The molecular weight excluding hydrogens is 702 g/mol.